The van der Waals surface area contributed by atoms with E-state index in [1.54, 1.807) is 78.0 Å². The van der Waals surface area contributed by atoms with Gasteiger partial charge in [0.05, 0.1) is 47.4 Å². The lowest BCUT2D eigenvalue weighted by Gasteiger charge is -2.67. The molecule has 2 saturated heterocycles. The van der Waals surface area contributed by atoms with E-state index in [2.05, 4.69) is 11.9 Å². The fraction of sp³-hybridized carbons (Fsp3) is 0.689. The normalized spacial score (nSPS) is 36.0. The van der Waals surface area contributed by atoms with Crippen molar-refractivity contribution in [3.05, 3.63) is 59.7 Å². The van der Waals surface area contributed by atoms with Gasteiger partial charge in [-0.25, -0.2) is 14.4 Å². The molecular formula is C45H63NO13. The molecule has 0 spiro atoms. The summed E-state index contributed by atoms with van der Waals surface area (Å²) in [6, 6.07) is 7.43. The van der Waals surface area contributed by atoms with E-state index in [4.69, 9.17) is 33.2 Å². The lowest BCUT2D eigenvalue weighted by Crippen LogP contribution is -2.80. The average molecular weight is 826 g/mol. The van der Waals surface area contributed by atoms with E-state index in [0.29, 0.717) is 17.6 Å². The van der Waals surface area contributed by atoms with Crippen LogP contribution in [0.2, 0.25) is 0 Å². The predicted octanol–water partition coefficient (Wildman–Crippen LogP) is 5.57. The number of hydrogen-bond donors (Lipinski definition) is 3. The number of amides is 1. The SMILES string of the molecule is C=CC1OC2[C@@H](C)C3=C(C)[C@@H](OC(=O)[C@@H](O)[C@H](CC(C)C)NC(=O)OC(C)(C)C)C[C@@]3(C(C)(C)O)[C@@H](OC(=O)c3ccccc3)[C@@H]3[C@]4(OC(C)=O)CO[C@@H]4C[C@H](O1)[C@@]23C. The Bertz CT molecular complexity index is 1830. The molecule has 1 amide bonds. The summed E-state index contributed by atoms with van der Waals surface area (Å²) in [5.74, 6) is -3.69. The van der Waals surface area contributed by atoms with Crippen molar-refractivity contribution in [3.63, 3.8) is 0 Å². The topological polar surface area (TPSA) is 185 Å². The molecule has 5 aliphatic rings. The number of aliphatic hydroxyl groups excluding tert-OH is 1. The van der Waals surface area contributed by atoms with Gasteiger partial charge in [0, 0.05) is 31.1 Å². The molecule has 14 nitrogen and oxygen atoms in total. The lowest BCUT2D eigenvalue weighted by molar-refractivity contribution is -0.391. The number of carbonyl (C=O) groups excluding carboxylic acids is 4. The Balaban J connectivity index is 1.52. The van der Waals surface area contributed by atoms with Crippen molar-refractivity contribution in [2.75, 3.05) is 6.61 Å². The van der Waals surface area contributed by atoms with Crippen molar-refractivity contribution >= 4 is 24.0 Å². The van der Waals surface area contributed by atoms with Crippen molar-refractivity contribution in [2.24, 2.45) is 28.6 Å². The van der Waals surface area contributed by atoms with Gasteiger partial charge in [-0.05, 0) is 83.2 Å². The summed E-state index contributed by atoms with van der Waals surface area (Å²) in [7, 11) is 0. The molecule has 1 aromatic carbocycles. The van der Waals surface area contributed by atoms with Crippen LogP contribution in [0.25, 0.3) is 0 Å². The summed E-state index contributed by atoms with van der Waals surface area (Å²) in [6.07, 6.45) is -5.55. The molecule has 59 heavy (non-hydrogen) atoms. The van der Waals surface area contributed by atoms with Crippen molar-refractivity contribution in [1.82, 2.24) is 5.32 Å². The van der Waals surface area contributed by atoms with Gasteiger partial charge in [0.25, 0.3) is 0 Å². The Kier molecular flexibility index (Phi) is 12.1. The number of nitrogens with one attached hydrogen (secondary N) is 1. The number of benzene rings is 1. The van der Waals surface area contributed by atoms with Crippen LogP contribution >= 0.6 is 0 Å². The highest BCUT2D eigenvalue weighted by molar-refractivity contribution is 5.89. The molecule has 0 aromatic heterocycles. The third-order valence-corrected chi connectivity index (χ3v) is 13.3. The van der Waals surface area contributed by atoms with Crippen molar-refractivity contribution in [2.45, 2.75) is 161 Å². The molecule has 326 valence electrons. The van der Waals surface area contributed by atoms with Crippen LogP contribution in [0.1, 0.15) is 106 Å². The number of alkyl carbamates (subject to hydrolysis) is 1. The fourth-order valence-corrected chi connectivity index (χ4v) is 11.1. The molecule has 14 heteroatoms. The van der Waals surface area contributed by atoms with Crippen molar-refractivity contribution in [1.29, 1.82) is 0 Å². The molecule has 1 aromatic rings. The first kappa shape index (κ1) is 44.7. The summed E-state index contributed by atoms with van der Waals surface area (Å²) >= 11 is 0. The van der Waals surface area contributed by atoms with E-state index in [1.165, 1.54) is 6.92 Å². The van der Waals surface area contributed by atoms with Gasteiger partial charge in [-0.2, -0.15) is 0 Å². The number of fused-ring (bicyclic) bond motifs is 3. The maximum absolute atomic E-state index is 14.5. The monoisotopic (exact) mass is 825 g/mol. The number of esters is 3. The minimum atomic E-state index is -1.79. The van der Waals surface area contributed by atoms with Crippen LogP contribution < -0.4 is 5.32 Å². The summed E-state index contributed by atoms with van der Waals surface area (Å²) < 4.78 is 44.4. The molecule has 13 atom stereocenters. The minimum Gasteiger partial charge on any atom is -0.457 e. The van der Waals surface area contributed by atoms with Crippen LogP contribution in [-0.2, 0) is 42.7 Å². The molecule has 6 rings (SSSR count). The van der Waals surface area contributed by atoms with Gasteiger partial charge in [-0.3, -0.25) is 4.79 Å². The first-order chi connectivity index (χ1) is 27.4. The Hall–Kier alpha value is -3.82. The van der Waals surface area contributed by atoms with Gasteiger partial charge >= 0.3 is 24.0 Å². The van der Waals surface area contributed by atoms with E-state index in [9.17, 15) is 29.4 Å². The first-order valence-electron chi connectivity index (χ1n) is 20.7. The zero-order valence-electron chi connectivity index (χ0n) is 36.2. The second-order valence-corrected chi connectivity index (χ2v) is 19.3. The maximum Gasteiger partial charge on any atom is 0.407 e. The first-order valence-corrected chi connectivity index (χ1v) is 20.7. The molecule has 2 heterocycles. The van der Waals surface area contributed by atoms with Crippen LogP contribution in [0.15, 0.2) is 54.1 Å². The highest BCUT2D eigenvalue weighted by Crippen LogP contribution is 2.70. The summed E-state index contributed by atoms with van der Waals surface area (Å²) in [5, 5.41) is 27.0. The van der Waals surface area contributed by atoms with E-state index in [-0.39, 0.29) is 30.9 Å². The molecule has 3 N–H and O–H groups in total. The van der Waals surface area contributed by atoms with E-state index < -0.39 is 112 Å². The highest BCUT2D eigenvalue weighted by atomic mass is 16.7. The molecule has 2 aliphatic heterocycles. The molecule has 0 bridgehead atoms. The van der Waals surface area contributed by atoms with E-state index >= 15 is 0 Å². The van der Waals surface area contributed by atoms with Crippen LogP contribution in [0.3, 0.4) is 0 Å². The summed E-state index contributed by atoms with van der Waals surface area (Å²) in [4.78, 5) is 54.6. The third kappa shape index (κ3) is 7.73. The Labute approximate surface area is 347 Å². The molecule has 2 saturated carbocycles. The summed E-state index contributed by atoms with van der Waals surface area (Å²) in [6.45, 7) is 23.2. The van der Waals surface area contributed by atoms with Crippen LogP contribution in [0, 0.1) is 28.6 Å². The summed E-state index contributed by atoms with van der Waals surface area (Å²) in [5.41, 5.74) is -4.92. The standard InChI is InChI=1S/C45H63NO13/c1-13-32-55-30-20-31-45(22-53-31,58-26(6)47)35-37(57-38(49)27-17-15-14-16-18-27)44(42(10,11)52)21-29(24(4)33(44)25(5)36(56-32)43(30,35)12)54-39(50)34(48)28(19-23(2)3)46-40(51)59-41(7,8)9/h13-18,23,25,28-32,34-37,48,52H,1,19-22H2,2-12H3,(H,46,51)/t25-,28-,29-,30-,31+,32?,34-,35-,36?,37-,43+,44-,45-/m0/s1. The molecular weight excluding hydrogens is 762 g/mol. The van der Waals surface area contributed by atoms with Gasteiger partial charge in [0.1, 0.15) is 23.9 Å². The maximum atomic E-state index is 14.5. The Morgan fingerprint density at radius 3 is 2.25 bits per heavy atom. The second-order valence-electron chi connectivity index (χ2n) is 19.3. The predicted molar refractivity (Wildman–Crippen MR) is 214 cm³/mol. The van der Waals surface area contributed by atoms with E-state index in [0.717, 1.165) is 0 Å². The highest BCUT2D eigenvalue weighted by Gasteiger charge is 2.80. The Morgan fingerprint density at radius 1 is 1.05 bits per heavy atom. The Morgan fingerprint density at radius 2 is 1.71 bits per heavy atom. The molecule has 3 aliphatic carbocycles. The number of hydrogen-bond acceptors (Lipinski definition) is 13. The smallest absolute Gasteiger partial charge is 0.407 e. The van der Waals surface area contributed by atoms with Crippen molar-refractivity contribution in [3.8, 4) is 0 Å². The minimum absolute atomic E-state index is 0.0118. The van der Waals surface area contributed by atoms with Crippen molar-refractivity contribution < 1.29 is 62.5 Å². The molecule has 0 radical (unpaired) electrons. The fourth-order valence-electron chi connectivity index (χ4n) is 11.1. The van der Waals surface area contributed by atoms with Gasteiger partial charge in [-0.1, -0.05) is 52.5 Å². The second kappa shape index (κ2) is 15.9. The van der Waals surface area contributed by atoms with Gasteiger partial charge in [0.15, 0.2) is 18.0 Å². The zero-order valence-corrected chi connectivity index (χ0v) is 36.2. The number of ether oxygens (including phenoxy) is 7. The van der Waals surface area contributed by atoms with E-state index in [1.807, 2.05) is 27.7 Å². The average Bonchev–Trinajstić information content (AvgIpc) is 3.39. The zero-order chi connectivity index (χ0) is 43.6. The lowest BCUT2D eigenvalue weighted by atomic mass is 9.49. The third-order valence-electron chi connectivity index (χ3n) is 13.3. The molecule has 4 fully saturated rings. The van der Waals surface area contributed by atoms with Gasteiger partial charge < -0.3 is 48.7 Å². The van der Waals surface area contributed by atoms with Gasteiger partial charge in [-0.15, -0.1) is 0 Å². The van der Waals surface area contributed by atoms with Gasteiger partial charge in [0.2, 0.25) is 0 Å². The quantitative estimate of drug-likeness (QED) is 0.143. The number of aliphatic hydroxyl groups is 2. The largest absolute Gasteiger partial charge is 0.457 e. The molecule has 2 unspecified atom stereocenters. The number of carbonyl (C=O) groups is 4. The van der Waals surface area contributed by atoms with Crippen LogP contribution in [-0.4, -0.2) is 107 Å². The van der Waals surface area contributed by atoms with Crippen LogP contribution in [0.5, 0.6) is 0 Å². The van der Waals surface area contributed by atoms with Crippen LogP contribution in [0.4, 0.5) is 4.79 Å². The number of rotatable bonds is 11.